The maximum Gasteiger partial charge on any atom is 0.330 e. The van der Waals surface area contributed by atoms with E-state index in [1.165, 1.54) is 84.9 Å². The minimum atomic E-state index is -3.60. The Morgan fingerprint density at radius 3 is 1.07 bits per heavy atom. The van der Waals surface area contributed by atoms with Gasteiger partial charge in [-0.25, -0.2) is 48.4 Å². The molecule has 0 spiro atoms. The second-order valence-electron chi connectivity index (χ2n) is 17.3. The Morgan fingerprint density at radius 1 is 0.437 bits per heavy atom. The highest BCUT2D eigenvalue weighted by Crippen LogP contribution is 2.37. The summed E-state index contributed by atoms with van der Waals surface area (Å²) in [6.07, 6.45) is 0. The number of hydrogen-bond acceptors (Lipinski definition) is 15. The largest absolute Gasteiger partial charge is 0.423 e. The SMILES string of the molecule is Cc1cc(CS(=O)(=O)c2ccc3c(c2)N(C)CC(=O)O3)ccc1F.Cc1cc(CS(=O)(=O)c2ccc3c(c2)N(C)CC(=O)O3)ccc1F.Cc1cccc(CS(=O)(=O)c2ccc3c(c2)N(C)CC(=O)O3)c1. The van der Waals surface area contributed by atoms with Crippen molar-refractivity contribution < 1.29 is 62.6 Å². The number of anilines is 3. The van der Waals surface area contributed by atoms with Crippen LogP contribution in [0.5, 0.6) is 17.2 Å². The van der Waals surface area contributed by atoms with Gasteiger partial charge in [-0.3, -0.25) is 0 Å². The molecule has 3 aliphatic rings. The summed E-state index contributed by atoms with van der Waals surface area (Å²) in [5, 5.41) is 0. The van der Waals surface area contributed by atoms with Gasteiger partial charge in [0, 0.05) is 21.1 Å². The number of rotatable bonds is 9. The van der Waals surface area contributed by atoms with Gasteiger partial charge in [-0.15, -0.1) is 0 Å². The summed E-state index contributed by atoms with van der Waals surface area (Å²) >= 11 is 0. The van der Waals surface area contributed by atoms with Crippen LogP contribution in [0.25, 0.3) is 0 Å². The van der Waals surface area contributed by atoms with Gasteiger partial charge in [0.2, 0.25) is 0 Å². The molecule has 15 nitrogen and oxygen atoms in total. The molecule has 0 saturated carbocycles. The van der Waals surface area contributed by atoms with Crippen molar-refractivity contribution in [1.82, 2.24) is 0 Å². The molecule has 3 aliphatic heterocycles. The van der Waals surface area contributed by atoms with Crippen LogP contribution in [0.4, 0.5) is 25.8 Å². The summed E-state index contributed by atoms with van der Waals surface area (Å²) < 4.78 is 118. The minimum Gasteiger partial charge on any atom is -0.423 e. The molecule has 0 radical (unpaired) electrons. The number of carbonyl (C=O) groups excluding carboxylic acids is 3. The van der Waals surface area contributed by atoms with Gasteiger partial charge in [0.05, 0.1) is 49.0 Å². The van der Waals surface area contributed by atoms with Crippen LogP contribution in [-0.4, -0.2) is 83.9 Å². The van der Waals surface area contributed by atoms with Gasteiger partial charge >= 0.3 is 17.9 Å². The van der Waals surface area contributed by atoms with E-state index in [1.807, 2.05) is 25.1 Å². The number of nitrogens with zero attached hydrogens (tertiary/aromatic N) is 3. The third-order valence-electron chi connectivity index (χ3n) is 11.5. The Labute approximate surface area is 410 Å². The third kappa shape index (κ3) is 12.4. The molecule has 0 aromatic heterocycles. The maximum absolute atomic E-state index is 13.3. The molecule has 9 rings (SSSR count). The summed E-state index contributed by atoms with van der Waals surface area (Å²) in [5.41, 5.74) is 5.32. The zero-order valence-electron chi connectivity index (χ0n) is 39.4. The van der Waals surface area contributed by atoms with Gasteiger partial charge in [0.25, 0.3) is 0 Å². The van der Waals surface area contributed by atoms with Crippen molar-refractivity contribution in [3.8, 4) is 17.2 Å². The Kier molecular flexibility index (Phi) is 15.0. The van der Waals surface area contributed by atoms with Crippen LogP contribution in [0.1, 0.15) is 33.4 Å². The molecule has 372 valence electrons. The number of sulfone groups is 3. The number of likely N-dealkylation sites (N-methyl/N-ethyl adjacent to an activating group) is 3. The van der Waals surface area contributed by atoms with E-state index in [9.17, 15) is 48.4 Å². The molecule has 0 bridgehead atoms. The maximum atomic E-state index is 13.3. The molecule has 6 aromatic rings. The van der Waals surface area contributed by atoms with Crippen molar-refractivity contribution in [3.63, 3.8) is 0 Å². The quantitative estimate of drug-likeness (QED) is 0.104. The highest BCUT2D eigenvalue weighted by molar-refractivity contribution is 7.91. The summed E-state index contributed by atoms with van der Waals surface area (Å²) in [7, 11) is -5.55. The van der Waals surface area contributed by atoms with Crippen molar-refractivity contribution in [2.75, 3.05) is 55.5 Å². The Bertz CT molecular complexity index is 3290. The lowest BCUT2D eigenvalue weighted by molar-refractivity contribution is -0.134. The fourth-order valence-corrected chi connectivity index (χ4v) is 11.9. The van der Waals surface area contributed by atoms with Crippen LogP contribution in [-0.2, 0) is 61.2 Å². The van der Waals surface area contributed by atoms with Crippen LogP contribution in [0.2, 0.25) is 0 Å². The number of ether oxygens (including phenoxy) is 3. The summed E-state index contributed by atoms with van der Waals surface area (Å²) in [4.78, 5) is 39.7. The summed E-state index contributed by atoms with van der Waals surface area (Å²) in [5.74, 6) is -1.31. The molecular formula is C51H49F2N3O12S3. The number of esters is 3. The average Bonchev–Trinajstić information content (AvgIpc) is 3.28. The zero-order chi connectivity index (χ0) is 51.6. The number of fused-ring (bicyclic) bond motifs is 3. The molecule has 20 heteroatoms. The van der Waals surface area contributed by atoms with Gasteiger partial charge in [-0.1, -0.05) is 54.1 Å². The molecule has 3 heterocycles. The molecule has 0 saturated heterocycles. The van der Waals surface area contributed by atoms with E-state index in [0.29, 0.717) is 56.6 Å². The first-order valence-corrected chi connectivity index (χ1v) is 26.7. The van der Waals surface area contributed by atoms with E-state index < -0.39 is 29.5 Å². The van der Waals surface area contributed by atoms with E-state index in [4.69, 9.17) is 14.2 Å². The molecule has 0 aliphatic carbocycles. The molecule has 71 heavy (non-hydrogen) atoms. The van der Waals surface area contributed by atoms with Crippen molar-refractivity contribution >= 4 is 64.5 Å². The average molecular weight is 1030 g/mol. The molecular weight excluding hydrogens is 981 g/mol. The van der Waals surface area contributed by atoms with Crippen LogP contribution < -0.4 is 28.9 Å². The Hall–Kier alpha value is -7.16. The van der Waals surface area contributed by atoms with Crippen molar-refractivity contribution in [2.45, 2.75) is 52.7 Å². The smallest absolute Gasteiger partial charge is 0.330 e. The highest BCUT2D eigenvalue weighted by Gasteiger charge is 2.28. The number of benzene rings is 6. The van der Waals surface area contributed by atoms with Gasteiger partial charge in [-0.2, -0.15) is 0 Å². The number of aryl methyl sites for hydroxylation is 3. The van der Waals surface area contributed by atoms with Crippen LogP contribution in [0.15, 0.2) is 130 Å². The van der Waals surface area contributed by atoms with Gasteiger partial charge in [0.1, 0.15) is 31.3 Å². The van der Waals surface area contributed by atoms with Gasteiger partial charge < -0.3 is 28.9 Å². The monoisotopic (exact) mass is 1030 g/mol. The predicted molar refractivity (Wildman–Crippen MR) is 262 cm³/mol. The van der Waals surface area contributed by atoms with Crippen molar-refractivity contribution in [1.29, 1.82) is 0 Å². The first kappa shape index (κ1) is 51.7. The Balaban J connectivity index is 0.000000157. The third-order valence-corrected chi connectivity index (χ3v) is 16.5. The van der Waals surface area contributed by atoms with E-state index in [0.717, 1.165) is 11.1 Å². The highest BCUT2D eigenvalue weighted by atomic mass is 32.2. The molecule has 0 N–H and O–H groups in total. The summed E-state index contributed by atoms with van der Waals surface area (Å²) in [6.45, 7) is 5.34. The normalized spacial score (nSPS) is 14.3. The molecule has 6 aromatic carbocycles. The topological polar surface area (TPSA) is 191 Å². The number of carbonyl (C=O) groups is 3. The fourth-order valence-electron chi connectivity index (χ4n) is 7.83. The lowest BCUT2D eigenvalue weighted by atomic mass is 10.1. The first-order chi connectivity index (χ1) is 33.4. The molecule has 0 unspecified atom stereocenters. The number of halogens is 2. The predicted octanol–water partition coefficient (Wildman–Crippen LogP) is 7.25. The Morgan fingerprint density at radius 2 is 0.761 bits per heavy atom. The van der Waals surface area contributed by atoms with E-state index in [2.05, 4.69) is 0 Å². The van der Waals surface area contributed by atoms with Crippen LogP contribution in [0.3, 0.4) is 0 Å². The second kappa shape index (κ2) is 20.7. The molecule has 0 amide bonds. The van der Waals surface area contributed by atoms with Gasteiger partial charge in [-0.05, 0) is 115 Å². The van der Waals surface area contributed by atoms with E-state index >= 15 is 0 Å². The van der Waals surface area contributed by atoms with Crippen molar-refractivity contribution in [2.24, 2.45) is 0 Å². The number of hydrogen-bond donors (Lipinski definition) is 0. The first-order valence-electron chi connectivity index (χ1n) is 21.8. The standard InChI is InChI=1S/2C17H16FNO4S.C17H17NO4S/c2*1-11-7-12(3-5-14(11)18)10-24(21,22)13-4-6-16-15(8-13)19(2)9-17(20)23-16;1-12-4-3-5-13(8-12)11-23(20,21)14-6-7-16-15(9-14)18(2)10-17(19)22-16/h2*3-8H,9-10H2,1-2H3;3-9H,10-11H2,1-2H3. The van der Waals surface area contributed by atoms with Crippen molar-refractivity contribution in [3.05, 3.63) is 160 Å². The zero-order valence-corrected chi connectivity index (χ0v) is 41.9. The van der Waals surface area contributed by atoms with Crippen LogP contribution >= 0.6 is 0 Å². The lowest BCUT2D eigenvalue weighted by Crippen LogP contribution is -2.33. The minimum absolute atomic E-state index is 0.0586. The summed E-state index contributed by atoms with van der Waals surface area (Å²) in [6, 6.07) is 29.3. The lowest BCUT2D eigenvalue weighted by Gasteiger charge is -2.26. The van der Waals surface area contributed by atoms with E-state index in [1.54, 1.807) is 61.8 Å². The van der Waals surface area contributed by atoms with Crippen LogP contribution in [0, 0.1) is 32.4 Å². The van der Waals surface area contributed by atoms with E-state index in [-0.39, 0.29) is 81.1 Å². The van der Waals surface area contributed by atoms with Gasteiger partial charge in [0.15, 0.2) is 46.8 Å². The molecule has 0 fully saturated rings. The fraction of sp³-hybridized carbons (Fsp3) is 0.235. The molecule has 0 atom stereocenters. The second-order valence-corrected chi connectivity index (χ2v) is 23.3.